The van der Waals surface area contributed by atoms with Crippen LogP contribution in [0.2, 0.25) is 0 Å². The second kappa shape index (κ2) is 9.06. The lowest BCUT2D eigenvalue weighted by atomic mass is 9.81. The summed E-state index contributed by atoms with van der Waals surface area (Å²) in [5, 5.41) is 2.85. The Morgan fingerprint density at radius 2 is 1.73 bits per heavy atom. The highest BCUT2D eigenvalue weighted by Gasteiger charge is 2.42. The van der Waals surface area contributed by atoms with Crippen LogP contribution in [-0.2, 0) is 19.6 Å². The summed E-state index contributed by atoms with van der Waals surface area (Å²) in [7, 11) is -2.37. The van der Waals surface area contributed by atoms with E-state index >= 15 is 0 Å². The van der Waals surface area contributed by atoms with E-state index in [1.807, 2.05) is 0 Å². The lowest BCUT2D eigenvalue weighted by molar-refractivity contribution is -0.149. The molecule has 1 aliphatic carbocycles. The van der Waals surface area contributed by atoms with Gasteiger partial charge in [-0.05, 0) is 49.3 Å². The second-order valence-electron chi connectivity index (χ2n) is 8.88. The molecule has 3 rings (SSSR count). The largest absolute Gasteiger partial charge is 0.467 e. The number of hydrogen-bond donors (Lipinski definition) is 1. The Morgan fingerprint density at radius 3 is 2.33 bits per heavy atom. The average molecular weight is 437 g/mol. The minimum atomic E-state index is -3.69. The van der Waals surface area contributed by atoms with Gasteiger partial charge in [-0.25, -0.2) is 13.2 Å². The number of methoxy groups -OCH3 is 1. The molecule has 7 nitrogen and oxygen atoms in total. The first-order chi connectivity index (χ1) is 14.2. The lowest BCUT2D eigenvalue weighted by Gasteiger charge is -2.35. The van der Waals surface area contributed by atoms with Gasteiger partial charge in [0.2, 0.25) is 10.0 Å². The van der Waals surface area contributed by atoms with Crippen molar-refractivity contribution in [1.82, 2.24) is 9.62 Å². The smallest absolute Gasteiger partial charge is 0.331 e. The van der Waals surface area contributed by atoms with Crippen molar-refractivity contribution in [2.45, 2.75) is 62.8 Å². The number of nitrogens with zero attached hydrogens (tertiary/aromatic N) is 1. The third kappa shape index (κ3) is 4.70. The average Bonchev–Trinajstić information content (AvgIpc) is 2.73. The molecular formula is C22H32N2O5S. The Labute approximate surface area is 179 Å². The zero-order chi connectivity index (χ0) is 21.9. The highest BCUT2D eigenvalue weighted by Crippen LogP contribution is 2.30. The normalized spacial score (nSPS) is 24.8. The van der Waals surface area contributed by atoms with Gasteiger partial charge in [-0.1, -0.05) is 39.2 Å². The molecular weight excluding hydrogens is 404 g/mol. The van der Waals surface area contributed by atoms with Gasteiger partial charge in [0.05, 0.1) is 12.0 Å². The predicted molar refractivity (Wildman–Crippen MR) is 113 cm³/mol. The van der Waals surface area contributed by atoms with Crippen LogP contribution in [0.15, 0.2) is 29.2 Å². The number of benzene rings is 1. The fraction of sp³-hybridized carbons (Fsp3) is 0.636. The van der Waals surface area contributed by atoms with Crippen LogP contribution in [0, 0.1) is 11.8 Å². The third-order valence-corrected chi connectivity index (χ3v) is 8.03. The molecule has 2 fully saturated rings. The van der Waals surface area contributed by atoms with Gasteiger partial charge in [0, 0.05) is 18.7 Å². The molecule has 2 atom stereocenters. The highest BCUT2D eigenvalue weighted by molar-refractivity contribution is 7.89. The number of hydrogen-bond acceptors (Lipinski definition) is 5. The predicted octanol–water partition coefficient (Wildman–Crippen LogP) is 2.96. The molecule has 0 radical (unpaired) electrons. The van der Waals surface area contributed by atoms with Crippen molar-refractivity contribution >= 4 is 21.9 Å². The lowest BCUT2D eigenvalue weighted by Crippen LogP contribution is -2.56. The second-order valence-corrected chi connectivity index (χ2v) is 10.8. The van der Waals surface area contributed by atoms with Gasteiger partial charge in [0.15, 0.2) is 0 Å². The van der Waals surface area contributed by atoms with Gasteiger partial charge in [0.25, 0.3) is 5.91 Å². The van der Waals surface area contributed by atoms with Gasteiger partial charge in [-0.3, -0.25) is 4.79 Å². The molecule has 1 aromatic rings. The number of sulfonamides is 1. The molecule has 166 valence electrons. The van der Waals surface area contributed by atoms with E-state index in [9.17, 15) is 18.0 Å². The van der Waals surface area contributed by atoms with Gasteiger partial charge < -0.3 is 10.1 Å². The molecule has 1 aromatic carbocycles. The number of ether oxygens (including phenoxy) is 1. The highest BCUT2D eigenvalue weighted by atomic mass is 32.2. The summed E-state index contributed by atoms with van der Waals surface area (Å²) in [6, 6.07) is 6.07. The molecule has 0 bridgehead atoms. The standard InChI is InChI=1S/C22H32N2O5S/c1-16-12-17(2)15-24(14-16)30(27,28)19-9-7-8-18(13-19)20(25)23-22(21(26)29-3)10-5-4-6-11-22/h7-9,13,16-17H,4-6,10-12,14-15H2,1-3H3,(H,23,25)/t16-,17-/m1/s1. The van der Waals surface area contributed by atoms with Gasteiger partial charge in [0.1, 0.15) is 5.54 Å². The minimum Gasteiger partial charge on any atom is -0.467 e. The number of carbonyl (C=O) groups excluding carboxylic acids is 2. The van der Waals surface area contributed by atoms with Crippen LogP contribution in [0.5, 0.6) is 0 Å². The maximum Gasteiger partial charge on any atom is 0.331 e. The Morgan fingerprint density at radius 1 is 1.10 bits per heavy atom. The van der Waals surface area contributed by atoms with E-state index in [-0.39, 0.29) is 10.5 Å². The Bertz CT molecular complexity index is 883. The molecule has 1 saturated heterocycles. The summed E-state index contributed by atoms with van der Waals surface area (Å²) in [6.45, 7) is 5.07. The van der Waals surface area contributed by atoms with E-state index in [1.54, 1.807) is 12.1 Å². The minimum absolute atomic E-state index is 0.104. The zero-order valence-electron chi connectivity index (χ0n) is 18.0. The zero-order valence-corrected chi connectivity index (χ0v) is 18.8. The number of amides is 1. The molecule has 0 unspecified atom stereocenters. The van der Waals surface area contributed by atoms with Crippen LogP contribution in [0.25, 0.3) is 0 Å². The Kier molecular flexibility index (Phi) is 6.87. The van der Waals surface area contributed by atoms with Crippen LogP contribution >= 0.6 is 0 Å². The van der Waals surface area contributed by atoms with Gasteiger partial charge >= 0.3 is 5.97 Å². The Balaban J connectivity index is 1.84. The first-order valence-corrected chi connectivity index (χ1v) is 12.1. The number of rotatable bonds is 5. The summed E-state index contributed by atoms with van der Waals surface area (Å²) in [5.41, 5.74) is -0.820. The first-order valence-electron chi connectivity index (χ1n) is 10.7. The van der Waals surface area contributed by atoms with Crippen molar-refractivity contribution in [2.75, 3.05) is 20.2 Å². The first kappa shape index (κ1) is 22.7. The van der Waals surface area contributed by atoms with E-state index < -0.39 is 27.4 Å². The molecule has 1 amide bonds. The van der Waals surface area contributed by atoms with E-state index in [0.29, 0.717) is 37.8 Å². The fourth-order valence-corrected chi connectivity index (χ4v) is 6.50. The van der Waals surface area contributed by atoms with Crippen molar-refractivity contribution in [3.63, 3.8) is 0 Å². The van der Waals surface area contributed by atoms with Crippen molar-refractivity contribution in [2.24, 2.45) is 11.8 Å². The van der Waals surface area contributed by atoms with E-state index in [2.05, 4.69) is 19.2 Å². The molecule has 0 spiro atoms. The molecule has 0 aromatic heterocycles. The number of carbonyl (C=O) groups is 2. The van der Waals surface area contributed by atoms with Crippen LogP contribution in [0.1, 0.15) is 62.7 Å². The number of esters is 1. The van der Waals surface area contributed by atoms with E-state index in [4.69, 9.17) is 4.74 Å². The van der Waals surface area contributed by atoms with Crippen molar-refractivity contribution < 1.29 is 22.7 Å². The summed E-state index contributed by atoms with van der Waals surface area (Å²) in [5.74, 6) is -0.321. The van der Waals surface area contributed by atoms with Crippen LogP contribution in [-0.4, -0.2) is 50.3 Å². The summed E-state index contributed by atoms with van der Waals surface area (Å²) in [4.78, 5) is 25.5. The number of piperidine rings is 1. The fourth-order valence-electron chi connectivity index (χ4n) is 4.77. The summed E-state index contributed by atoms with van der Waals surface area (Å²) < 4.78 is 32.8. The maximum atomic E-state index is 13.2. The quantitative estimate of drug-likeness (QED) is 0.717. The summed E-state index contributed by atoms with van der Waals surface area (Å²) in [6.07, 6.45) is 4.71. The molecule has 1 heterocycles. The molecule has 8 heteroatoms. The van der Waals surface area contributed by atoms with E-state index in [1.165, 1.54) is 23.5 Å². The molecule has 2 aliphatic rings. The molecule has 1 aliphatic heterocycles. The van der Waals surface area contributed by atoms with Crippen LogP contribution in [0.4, 0.5) is 0 Å². The molecule has 1 saturated carbocycles. The Hall–Kier alpha value is -1.93. The molecule has 30 heavy (non-hydrogen) atoms. The topological polar surface area (TPSA) is 92.8 Å². The monoisotopic (exact) mass is 436 g/mol. The van der Waals surface area contributed by atoms with Crippen molar-refractivity contribution in [1.29, 1.82) is 0 Å². The third-order valence-electron chi connectivity index (χ3n) is 6.21. The van der Waals surface area contributed by atoms with Crippen LogP contribution < -0.4 is 5.32 Å². The van der Waals surface area contributed by atoms with E-state index in [0.717, 1.165) is 25.7 Å². The number of nitrogens with one attached hydrogen (secondary N) is 1. The van der Waals surface area contributed by atoms with Crippen LogP contribution in [0.3, 0.4) is 0 Å². The summed E-state index contributed by atoms with van der Waals surface area (Å²) >= 11 is 0. The van der Waals surface area contributed by atoms with Crippen molar-refractivity contribution in [3.8, 4) is 0 Å². The van der Waals surface area contributed by atoms with Gasteiger partial charge in [-0.2, -0.15) is 4.31 Å². The maximum absolute atomic E-state index is 13.2. The SMILES string of the molecule is COC(=O)C1(NC(=O)c2cccc(S(=O)(=O)N3C[C@H](C)C[C@@H](C)C3)c2)CCCCC1. The van der Waals surface area contributed by atoms with Crippen molar-refractivity contribution in [3.05, 3.63) is 29.8 Å². The molecule has 1 N–H and O–H groups in total. The van der Waals surface area contributed by atoms with Gasteiger partial charge in [-0.15, -0.1) is 0 Å².